The van der Waals surface area contributed by atoms with Gasteiger partial charge < -0.3 is 30.8 Å². The molecule has 9 heterocycles. The van der Waals surface area contributed by atoms with Gasteiger partial charge in [-0.2, -0.15) is 0 Å². The Morgan fingerprint density at radius 3 is 1.37 bits per heavy atom. The molecule has 12 rings (SSSR count). The van der Waals surface area contributed by atoms with E-state index in [1.165, 1.54) is 62.8 Å². The molecule has 440 valence electrons. The van der Waals surface area contributed by atoms with E-state index in [4.69, 9.17) is 61.6 Å². The van der Waals surface area contributed by atoms with Crippen LogP contribution in [0.5, 0.6) is 11.8 Å². The molecule has 9 aromatic heterocycles. The Bertz CT molecular complexity index is 4510. The number of nitrogens with two attached hydrogens (primary N) is 1. The molecule has 0 amide bonds. The van der Waals surface area contributed by atoms with Gasteiger partial charge in [0.25, 0.3) is 5.56 Å². The minimum atomic E-state index is -0.511. The van der Waals surface area contributed by atoms with Gasteiger partial charge in [0, 0.05) is 121 Å². The van der Waals surface area contributed by atoms with Gasteiger partial charge in [0.05, 0.1) is 81.2 Å². The van der Waals surface area contributed by atoms with Gasteiger partial charge >= 0.3 is 0 Å². The molecule has 22 heteroatoms. The molecule has 12 aromatic rings. The van der Waals surface area contributed by atoms with Gasteiger partial charge in [-0.05, 0) is 128 Å². The number of nitrogens with one attached hydrogen (secondary N) is 3. The first-order chi connectivity index (χ1) is 42.1. The van der Waals surface area contributed by atoms with Crippen molar-refractivity contribution in [1.82, 2.24) is 44.9 Å². The quantitative estimate of drug-likeness (QED) is 0.0899. The van der Waals surface area contributed by atoms with E-state index in [-0.39, 0.29) is 16.7 Å². The van der Waals surface area contributed by atoms with Gasteiger partial charge in [-0.25, -0.2) is 23.1 Å². The number of rotatable bonds is 12. The molecule has 0 saturated carbocycles. The second-order valence-electron chi connectivity index (χ2n) is 18.9. The van der Waals surface area contributed by atoms with E-state index in [1.807, 2.05) is 57.2 Å². The van der Waals surface area contributed by atoms with Crippen molar-refractivity contribution >= 4 is 108 Å². The van der Waals surface area contributed by atoms with Crippen LogP contribution in [0.15, 0.2) is 170 Å². The first-order valence-electron chi connectivity index (χ1n) is 26.9. The molecule has 0 aliphatic carbocycles. The molecular weight excluding hydrogens is 1200 g/mol. The normalized spacial score (nSPS) is 10.8. The van der Waals surface area contributed by atoms with Crippen molar-refractivity contribution < 1.29 is 22.6 Å². The summed E-state index contributed by atoms with van der Waals surface area (Å²) in [6.45, 7) is 5.87. The number of aromatic nitrogens is 9. The number of aryl methyl sites for hydroxylation is 3. The summed E-state index contributed by atoms with van der Waals surface area (Å²) in [6, 6.07) is 29.0. The Morgan fingerprint density at radius 1 is 0.471 bits per heavy atom. The van der Waals surface area contributed by atoms with Crippen LogP contribution >= 0.6 is 46.4 Å². The minimum absolute atomic E-state index is 0.153. The second kappa shape index (κ2) is 28.6. The lowest BCUT2D eigenvalue weighted by Crippen LogP contribution is -2.14. The number of nitrogens with zero attached hydrogens (tertiary/aromatic N) is 8. The fourth-order valence-corrected chi connectivity index (χ4v) is 9.87. The van der Waals surface area contributed by atoms with Crippen molar-refractivity contribution in [3.05, 3.63) is 230 Å². The number of ether oxygens (including phenoxy) is 2. The van der Waals surface area contributed by atoms with Crippen LogP contribution in [0.25, 0.3) is 66.1 Å². The number of fused-ring (bicyclic) bond motifs is 3. The van der Waals surface area contributed by atoms with Crippen LogP contribution in [0, 0.1) is 17.5 Å². The van der Waals surface area contributed by atoms with Crippen LogP contribution in [0.1, 0.15) is 37.9 Å². The number of H-pyrrole nitrogens is 1. The molecule has 0 aliphatic heterocycles. The SMILES string of the molecule is CCc1[nH]c(=O)c(-c2cc(Cl)ccc2F)cc1Nc1ccnc2ccncc12.CCc1nc(OC)c(-c2cc(Cl)ccc2F)cc1N.CCc1nc(OC)c(-c2cc(Cl)ccc2F)cc1Nc1ccnc2ccncc12.Clc1ccnc2ccncc12. The van der Waals surface area contributed by atoms with Gasteiger partial charge in [-0.1, -0.05) is 67.2 Å². The Labute approximate surface area is 517 Å². The zero-order valence-electron chi connectivity index (χ0n) is 47.2. The van der Waals surface area contributed by atoms with E-state index < -0.39 is 17.5 Å². The lowest BCUT2D eigenvalue weighted by molar-refractivity contribution is 0.398. The van der Waals surface area contributed by atoms with Gasteiger partial charge in [-0.3, -0.25) is 34.7 Å². The standard InChI is InChI=1S/C22H18ClFN4O.C21H16ClFN4O.C14H14ClFN2O.C8H5ClN2/c1-3-18-21(27-20-7-9-26-19-6-8-25-12-16(19)20)11-15(22(28-18)29-2)14-10-13(23)4-5-17(14)24;1-2-17-20(26-19-6-8-25-18-5-7-24-11-15(18)19)10-14(21(28)27-17)13-9-12(22)3-4-16(13)23;1-3-13-12(17)7-10(14(18-13)19-2)9-6-8(15)4-5-11(9)16;9-7-1-4-11-8-2-3-10-5-6(7)8/h4-12H,3H2,1-2H3,(H,26,27);3-11H,2H2,1H3,(H,25,26)(H,27,28);4-7H,3,17H2,1-2H3;1-5H. The average molecular weight is 1250 g/mol. The molecule has 3 aromatic carbocycles. The second-order valence-corrected chi connectivity index (χ2v) is 20.6. The first-order valence-corrected chi connectivity index (χ1v) is 28.4. The predicted molar refractivity (Wildman–Crippen MR) is 343 cm³/mol. The highest BCUT2D eigenvalue weighted by atomic mass is 35.5. The topological polar surface area (TPSA) is 205 Å². The molecule has 0 atom stereocenters. The molecular formula is C65H53Cl4F3N12O3. The summed E-state index contributed by atoms with van der Waals surface area (Å²) in [7, 11) is 3.01. The lowest BCUT2D eigenvalue weighted by Gasteiger charge is -2.17. The fourth-order valence-electron chi connectivity index (χ4n) is 9.15. The van der Waals surface area contributed by atoms with Crippen molar-refractivity contribution in [1.29, 1.82) is 0 Å². The van der Waals surface area contributed by atoms with Crippen LogP contribution < -0.4 is 31.4 Å². The van der Waals surface area contributed by atoms with Crippen LogP contribution in [-0.2, 0) is 19.3 Å². The number of anilines is 5. The van der Waals surface area contributed by atoms with Gasteiger partial charge in [-0.15, -0.1) is 0 Å². The molecule has 0 saturated heterocycles. The molecule has 87 heavy (non-hydrogen) atoms. The number of hydrogen-bond acceptors (Lipinski definition) is 14. The highest BCUT2D eigenvalue weighted by molar-refractivity contribution is 6.35. The zero-order valence-corrected chi connectivity index (χ0v) is 50.3. The Morgan fingerprint density at radius 2 is 0.897 bits per heavy atom. The Kier molecular flexibility index (Phi) is 20.4. The third-order valence-electron chi connectivity index (χ3n) is 13.5. The lowest BCUT2D eigenvalue weighted by atomic mass is 10.0. The summed E-state index contributed by atoms with van der Waals surface area (Å²) < 4.78 is 53.4. The molecule has 0 fully saturated rings. The molecule has 0 aliphatic rings. The van der Waals surface area contributed by atoms with Crippen molar-refractivity contribution in [3.8, 4) is 45.1 Å². The minimum Gasteiger partial charge on any atom is -0.481 e. The van der Waals surface area contributed by atoms with E-state index in [9.17, 15) is 18.0 Å². The first kappa shape index (κ1) is 62.1. The van der Waals surface area contributed by atoms with E-state index >= 15 is 0 Å². The summed E-state index contributed by atoms with van der Waals surface area (Å²) in [4.78, 5) is 49.4. The van der Waals surface area contributed by atoms with E-state index in [2.05, 4.69) is 55.5 Å². The number of hydrogen-bond donors (Lipinski definition) is 4. The van der Waals surface area contributed by atoms with Crippen LogP contribution in [0.3, 0.4) is 0 Å². The largest absolute Gasteiger partial charge is 0.481 e. The number of halogens is 7. The molecule has 0 radical (unpaired) electrons. The zero-order chi connectivity index (χ0) is 61.7. The number of methoxy groups -OCH3 is 2. The van der Waals surface area contributed by atoms with Gasteiger partial charge in [0.15, 0.2) is 0 Å². The average Bonchev–Trinajstić information content (AvgIpc) is 2.89. The molecule has 0 spiro atoms. The van der Waals surface area contributed by atoms with E-state index in [0.29, 0.717) is 90.4 Å². The number of aromatic amines is 1. The van der Waals surface area contributed by atoms with Crippen LogP contribution in [-0.4, -0.2) is 59.1 Å². The Hall–Kier alpha value is -9.46. The third-order valence-corrected chi connectivity index (χ3v) is 14.5. The number of nitrogen functional groups attached to an aromatic ring is 1. The van der Waals surface area contributed by atoms with Gasteiger partial charge in [0.2, 0.25) is 11.8 Å². The van der Waals surface area contributed by atoms with Gasteiger partial charge in [0.1, 0.15) is 17.5 Å². The highest BCUT2D eigenvalue weighted by Gasteiger charge is 2.20. The molecule has 5 N–H and O–H groups in total. The summed E-state index contributed by atoms with van der Waals surface area (Å²) in [5, 5.41) is 11.3. The van der Waals surface area contributed by atoms with Crippen molar-refractivity contribution in [2.45, 2.75) is 40.0 Å². The maximum Gasteiger partial charge on any atom is 0.256 e. The van der Waals surface area contributed by atoms with Crippen LogP contribution in [0.2, 0.25) is 20.1 Å². The molecule has 0 bridgehead atoms. The van der Waals surface area contributed by atoms with Crippen molar-refractivity contribution in [2.75, 3.05) is 30.6 Å². The smallest absolute Gasteiger partial charge is 0.256 e. The molecule has 15 nitrogen and oxygen atoms in total. The summed E-state index contributed by atoms with van der Waals surface area (Å²) in [5.41, 5.74) is 15.9. The summed E-state index contributed by atoms with van der Waals surface area (Å²) in [6.07, 6.45) is 17.3. The summed E-state index contributed by atoms with van der Waals surface area (Å²) in [5.74, 6) is -0.623. The maximum atomic E-state index is 14.5. The van der Waals surface area contributed by atoms with Crippen molar-refractivity contribution in [2.24, 2.45) is 0 Å². The number of pyridine rings is 9. The third kappa shape index (κ3) is 14.6. The van der Waals surface area contributed by atoms with E-state index in [0.717, 1.165) is 61.2 Å². The number of benzene rings is 3. The maximum absolute atomic E-state index is 14.5. The Balaban J connectivity index is 0.000000145. The predicted octanol–water partition coefficient (Wildman–Crippen LogP) is 16.9. The fraction of sp³-hybridized carbons (Fsp3) is 0.123. The monoisotopic (exact) mass is 1250 g/mol. The molecule has 0 unspecified atom stereocenters. The summed E-state index contributed by atoms with van der Waals surface area (Å²) >= 11 is 23.9. The van der Waals surface area contributed by atoms with Crippen molar-refractivity contribution in [3.63, 3.8) is 0 Å². The van der Waals surface area contributed by atoms with Crippen LogP contribution in [0.4, 0.5) is 41.6 Å². The van der Waals surface area contributed by atoms with E-state index in [1.54, 1.807) is 80.0 Å². The highest BCUT2D eigenvalue weighted by Crippen LogP contribution is 2.39.